The average molecular weight is 1470 g/mol. The number of nitrogens with two attached hydrogens (primary N) is 1. The zero-order chi connectivity index (χ0) is 75.2. The van der Waals surface area contributed by atoms with Gasteiger partial charge in [0.1, 0.15) is 18.1 Å². The number of hydroxylamine groups is 2. The molecule has 0 bridgehead atoms. The summed E-state index contributed by atoms with van der Waals surface area (Å²) in [5, 5.41) is 20.8. The molecule has 0 radical (unpaired) electrons. The molecule has 4 unspecified atom stereocenters. The molecule has 8 rings (SSSR count). The summed E-state index contributed by atoms with van der Waals surface area (Å²) in [6.45, 7) is 34.8. The topological polar surface area (TPSA) is 312 Å². The highest BCUT2D eigenvalue weighted by atomic mass is 35.5. The fourth-order valence-corrected chi connectivity index (χ4v) is 14.7. The van der Waals surface area contributed by atoms with E-state index >= 15 is 0 Å². The zero-order valence-electron chi connectivity index (χ0n) is 64.6. The fourth-order valence-electron chi connectivity index (χ4n) is 14.4. The highest BCUT2D eigenvalue weighted by Crippen LogP contribution is 2.30. The van der Waals surface area contributed by atoms with E-state index in [0.29, 0.717) is 79.4 Å². The lowest BCUT2D eigenvalue weighted by Crippen LogP contribution is -2.45. The molecule has 8 aliphatic rings. The van der Waals surface area contributed by atoms with E-state index in [0.717, 1.165) is 252 Å². The van der Waals surface area contributed by atoms with E-state index in [1.165, 1.54) is 21.1 Å². The number of ether oxygens (including phenoxy) is 4. The van der Waals surface area contributed by atoms with Crippen molar-refractivity contribution < 1.29 is 67.3 Å². The number of rotatable bonds is 18. The molecule has 8 fully saturated rings. The fraction of sp³-hybridized carbons (Fsp3) is 0.877. The number of aliphatic imine (C=N–C) groups is 1. The number of carbonyl (C=O) groups is 6. The van der Waals surface area contributed by atoms with Crippen LogP contribution in [0.15, 0.2) is 10.1 Å². The predicted octanol–water partition coefficient (Wildman–Crippen LogP) is 10.1. The molecule has 588 valence electrons. The predicted molar refractivity (Wildman–Crippen MR) is 398 cm³/mol. The van der Waals surface area contributed by atoms with Gasteiger partial charge in [-0.25, -0.2) is 24.7 Å². The SMILES string of the molecule is CC#N.CC(C)CN.CCOC(=O)N1CCCC(N2CCC(C(=NCC(C)C)NOC)CC2)CC1.CCOC(=O)N1CCCC(N2CCC(C(=O)NOC)CC2)CC1.CCOC(=O)N1CCCC(N2CCC(C(=O)O)CC2)CC1.CCOC(=O)N1CCCC(N2CCC(C(Cl)=NOC)CC2)CC1. The summed E-state index contributed by atoms with van der Waals surface area (Å²) >= 11 is 6.15. The van der Waals surface area contributed by atoms with Crippen LogP contribution in [0.4, 0.5) is 19.2 Å². The van der Waals surface area contributed by atoms with Crippen molar-refractivity contribution in [2.24, 2.45) is 51.4 Å². The molecule has 102 heavy (non-hydrogen) atoms. The van der Waals surface area contributed by atoms with Crippen molar-refractivity contribution in [1.82, 2.24) is 50.2 Å². The maximum Gasteiger partial charge on any atom is 0.409 e. The Hall–Kier alpha value is -5.54. The maximum atomic E-state index is 12.0. The number of piperidine rings is 4. The third kappa shape index (κ3) is 34.6. The summed E-state index contributed by atoms with van der Waals surface area (Å²) < 4.78 is 20.4. The van der Waals surface area contributed by atoms with Crippen molar-refractivity contribution in [3.8, 4) is 6.07 Å². The van der Waals surface area contributed by atoms with Crippen LogP contribution >= 0.6 is 11.6 Å². The largest absolute Gasteiger partial charge is 0.481 e. The third-order valence-corrected chi connectivity index (χ3v) is 20.6. The Labute approximate surface area is 616 Å². The second kappa shape index (κ2) is 53.3. The monoisotopic (exact) mass is 1470 g/mol. The van der Waals surface area contributed by atoms with E-state index in [9.17, 15) is 28.8 Å². The van der Waals surface area contributed by atoms with Crippen LogP contribution < -0.4 is 16.7 Å². The smallest absolute Gasteiger partial charge is 0.409 e. The van der Waals surface area contributed by atoms with Crippen LogP contribution in [0.2, 0.25) is 0 Å². The standard InChI is InChI=1S/C20H38N4O3.C16H28ClN3O3.C16H29N3O4.C15H26N2O4.C4H11N.C2H3N/c1-5-27-20(25)24-11-6-7-18(10-14-24)23-12-8-17(9-13-23)19(22-26-4)21-15-16(2)3;1-3-23-16(21)20-9-4-5-14(8-12-20)19-10-6-13(7-11-19)15(17)18-22-2;1-3-23-16(21)19-9-4-5-14(8-12-19)18-10-6-13(7-11-18)15(20)17-22-2;1-2-21-15(20)17-8-3-4-13(7-11-17)16-9-5-12(6-10-16)14(18)19;1-4(2)3-5;1-2-3/h16-18H,5-15H2,1-4H3,(H,21,22);13-14H,3-12H2,1-2H3;13-14H,3-12H2,1-2H3,(H,17,20);12-13H,2-11H2,1H3,(H,18,19);4H,3,5H2,1-2H3;1H3. The van der Waals surface area contributed by atoms with Crippen molar-refractivity contribution in [3.63, 3.8) is 0 Å². The van der Waals surface area contributed by atoms with Crippen LogP contribution in [-0.4, -0.2) is 281 Å². The second-order valence-corrected chi connectivity index (χ2v) is 28.6. The number of nitrogens with zero attached hydrogens (tertiary/aromatic N) is 11. The molecule has 5 amide bonds. The summed E-state index contributed by atoms with van der Waals surface area (Å²) in [5.41, 5.74) is 10.6. The number of carboxylic acid groups (broad SMARTS) is 1. The Balaban J connectivity index is 0.000000342. The van der Waals surface area contributed by atoms with E-state index in [-0.39, 0.29) is 42.1 Å². The normalized spacial score (nSPS) is 23.0. The van der Waals surface area contributed by atoms with Crippen LogP contribution in [0.5, 0.6) is 0 Å². The minimum atomic E-state index is -0.663. The summed E-state index contributed by atoms with van der Waals surface area (Å²) in [4.78, 5) is 107. The van der Waals surface area contributed by atoms with Gasteiger partial charge in [-0.3, -0.25) is 29.7 Å². The number of likely N-dealkylation sites (tertiary alicyclic amines) is 8. The van der Waals surface area contributed by atoms with E-state index in [2.05, 4.69) is 63.4 Å². The van der Waals surface area contributed by atoms with Gasteiger partial charge in [-0.15, -0.1) is 0 Å². The van der Waals surface area contributed by atoms with Crippen LogP contribution in [0.1, 0.15) is 191 Å². The molecule has 0 saturated carbocycles. The van der Waals surface area contributed by atoms with E-state index in [1.807, 2.05) is 42.4 Å². The molecule has 0 aromatic heterocycles. The number of hydrogen-bond donors (Lipinski definition) is 4. The summed E-state index contributed by atoms with van der Waals surface area (Å²) in [6.07, 6.45) is 19.3. The van der Waals surface area contributed by atoms with Gasteiger partial charge in [0, 0.05) is 108 Å². The molecule has 4 atom stereocenters. The first-order chi connectivity index (χ1) is 49.1. The number of halogens is 1. The second-order valence-electron chi connectivity index (χ2n) is 28.2. The molecule has 5 N–H and O–H groups in total. The van der Waals surface area contributed by atoms with Gasteiger partial charge in [0.25, 0.3) is 0 Å². The van der Waals surface area contributed by atoms with Gasteiger partial charge in [0.15, 0.2) is 0 Å². The molecular formula is C73H135ClN14O14. The van der Waals surface area contributed by atoms with Crippen LogP contribution in [0, 0.1) is 46.8 Å². The summed E-state index contributed by atoms with van der Waals surface area (Å²) in [5.74, 6) is 2.17. The molecule has 8 heterocycles. The number of nitriles is 1. The number of oxime groups is 1. The van der Waals surface area contributed by atoms with E-state index in [4.69, 9.17) is 66.2 Å². The molecule has 0 aromatic rings. The molecule has 8 aliphatic heterocycles. The van der Waals surface area contributed by atoms with Gasteiger partial charge < -0.3 is 73.8 Å². The van der Waals surface area contributed by atoms with Crippen LogP contribution in [-0.2, 0) is 43.0 Å². The molecule has 0 aliphatic carbocycles. The first-order valence-electron chi connectivity index (χ1n) is 38.4. The summed E-state index contributed by atoms with van der Waals surface area (Å²) in [6, 6.07) is 3.84. The van der Waals surface area contributed by atoms with Gasteiger partial charge in [-0.1, -0.05) is 44.5 Å². The van der Waals surface area contributed by atoms with Gasteiger partial charge in [-0.05, 0) is 227 Å². The number of aliphatic carboxylic acids is 1. The highest BCUT2D eigenvalue weighted by molar-refractivity contribution is 6.65. The number of nitrogens with one attached hydrogen (secondary N) is 2. The summed E-state index contributed by atoms with van der Waals surface area (Å²) in [7, 11) is 4.65. The van der Waals surface area contributed by atoms with Gasteiger partial charge in [-0.2, -0.15) is 5.26 Å². The van der Waals surface area contributed by atoms with Crippen molar-refractivity contribution in [2.75, 3.05) is 166 Å². The zero-order valence-corrected chi connectivity index (χ0v) is 65.4. The van der Waals surface area contributed by atoms with Crippen molar-refractivity contribution in [1.29, 1.82) is 5.26 Å². The molecule has 0 spiro atoms. The lowest BCUT2D eigenvalue weighted by Gasteiger charge is -2.37. The first-order valence-corrected chi connectivity index (χ1v) is 38.8. The maximum absolute atomic E-state index is 12.0. The number of amidine groups is 1. The molecule has 8 saturated heterocycles. The van der Waals surface area contributed by atoms with Crippen LogP contribution in [0.25, 0.3) is 0 Å². The first kappa shape index (κ1) is 90.7. The van der Waals surface area contributed by atoms with Gasteiger partial charge >= 0.3 is 30.3 Å². The molecule has 28 nitrogen and oxygen atoms in total. The minimum Gasteiger partial charge on any atom is -0.481 e. The van der Waals surface area contributed by atoms with Gasteiger partial charge in [0.05, 0.1) is 52.6 Å². The molecule has 0 aromatic carbocycles. The van der Waals surface area contributed by atoms with Crippen LogP contribution in [0.3, 0.4) is 0 Å². The molecular weight excluding hydrogens is 1330 g/mol. The Kier molecular flexibility index (Phi) is 47.3. The van der Waals surface area contributed by atoms with Gasteiger partial charge in [0.2, 0.25) is 5.91 Å². The lowest BCUT2D eigenvalue weighted by atomic mass is 9.93. The van der Waals surface area contributed by atoms with E-state index in [1.54, 1.807) is 18.1 Å². The Morgan fingerprint density at radius 1 is 0.471 bits per heavy atom. The van der Waals surface area contributed by atoms with Crippen molar-refractivity contribution in [3.05, 3.63) is 0 Å². The number of carbonyl (C=O) groups excluding carboxylic acids is 5. The highest BCUT2D eigenvalue weighted by Gasteiger charge is 2.35. The van der Waals surface area contributed by atoms with Crippen molar-refractivity contribution in [2.45, 2.75) is 215 Å². The average Bonchev–Trinajstić information content (AvgIpc) is 1.81. The molecule has 29 heteroatoms. The lowest BCUT2D eigenvalue weighted by molar-refractivity contribution is -0.143. The number of hydrogen-bond acceptors (Lipinski definition) is 21. The number of amides is 5. The van der Waals surface area contributed by atoms with Crippen molar-refractivity contribution >= 4 is 58.9 Å². The van der Waals surface area contributed by atoms with E-state index < -0.39 is 5.97 Å². The Bertz CT molecular complexity index is 2440. The quantitative estimate of drug-likeness (QED) is 0.0429. The Morgan fingerprint density at radius 3 is 1.03 bits per heavy atom. The minimum absolute atomic E-state index is 0.0125. The number of carboxylic acids is 1. The third-order valence-electron chi connectivity index (χ3n) is 20.2. The Morgan fingerprint density at radius 2 is 0.765 bits per heavy atom.